The second-order valence-corrected chi connectivity index (χ2v) is 6.07. The molecule has 0 bridgehead atoms. The quantitative estimate of drug-likeness (QED) is 0.923. The van der Waals surface area contributed by atoms with Gasteiger partial charge in [0.05, 0.1) is 6.04 Å². The average Bonchev–Trinajstić information content (AvgIpc) is 2.93. The Morgan fingerprint density at radius 1 is 1.42 bits per heavy atom. The zero-order valence-electron chi connectivity index (χ0n) is 11.6. The van der Waals surface area contributed by atoms with E-state index in [1.54, 1.807) is 0 Å². The topological polar surface area (TPSA) is 32.3 Å². The third-order valence-corrected chi connectivity index (χ3v) is 4.49. The van der Waals surface area contributed by atoms with Crippen molar-refractivity contribution in [1.29, 1.82) is 0 Å². The molecule has 0 spiro atoms. The van der Waals surface area contributed by atoms with Crippen LogP contribution in [0.25, 0.3) is 0 Å². The Balaban J connectivity index is 1.87. The van der Waals surface area contributed by atoms with Crippen LogP contribution in [0.4, 0.5) is 0 Å². The van der Waals surface area contributed by atoms with Gasteiger partial charge in [-0.25, -0.2) is 0 Å². The molecule has 1 fully saturated rings. The van der Waals surface area contributed by atoms with Crippen LogP contribution >= 0.6 is 15.9 Å². The summed E-state index contributed by atoms with van der Waals surface area (Å²) >= 11 is 3.53. The Morgan fingerprint density at radius 2 is 2.11 bits per heavy atom. The fraction of sp³-hybridized carbons (Fsp3) is 0.533. The fourth-order valence-electron chi connectivity index (χ4n) is 2.32. The highest BCUT2D eigenvalue weighted by molar-refractivity contribution is 9.10. The van der Waals surface area contributed by atoms with Crippen LogP contribution in [0.2, 0.25) is 0 Å². The highest BCUT2D eigenvalue weighted by Crippen LogP contribution is 2.17. The van der Waals surface area contributed by atoms with Gasteiger partial charge in [-0.1, -0.05) is 28.1 Å². The van der Waals surface area contributed by atoms with Crippen LogP contribution in [-0.4, -0.2) is 29.9 Å². The maximum absolute atomic E-state index is 12.1. The van der Waals surface area contributed by atoms with E-state index in [1.807, 2.05) is 11.8 Å². The number of halogens is 1. The minimum atomic E-state index is -0.113. The summed E-state index contributed by atoms with van der Waals surface area (Å²) in [6.45, 7) is 6.58. The fourth-order valence-corrected chi connectivity index (χ4v) is 2.74. The van der Waals surface area contributed by atoms with Gasteiger partial charge < -0.3 is 10.2 Å². The zero-order chi connectivity index (χ0) is 13.8. The SMILES string of the molecule is Cc1ccc(CNC(C)C(=O)N2CCCC2)cc1Br. The molecule has 1 aromatic rings. The van der Waals surface area contributed by atoms with E-state index in [1.165, 1.54) is 11.1 Å². The first-order valence-electron chi connectivity index (χ1n) is 6.85. The molecule has 19 heavy (non-hydrogen) atoms. The van der Waals surface area contributed by atoms with Gasteiger partial charge in [0.15, 0.2) is 0 Å². The van der Waals surface area contributed by atoms with Gasteiger partial charge in [-0.3, -0.25) is 4.79 Å². The number of benzene rings is 1. The second kappa shape index (κ2) is 6.53. The summed E-state index contributed by atoms with van der Waals surface area (Å²) in [7, 11) is 0. The molecule has 0 aliphatic carbocycles. The van der Waals surface area contributed by atoms with Crippen molar-refractivity contribution in [2.75, 3.05) is 13.1 Å². The van der Waals surface area contributed by atoms with Crippen LogP contribution in [0.5, 0.6) is 0 Å². The number of nitrogens with zero attached hydrogens (tertiary/aromatic N) is 1. The summed E-state index contributed by atoms with van der Waals surface area (Å²) in [5.74, 6) is 0.226. The van der Waals surface area contributed by atoms with E-state index >= 15 is 0 Å². The third-order valence-electron chi connectivity index (χ3n) is 3.64. The van der Waals surface area contributed by atoms with E-state index in [0.29, 0.717) is 0 Å². The first kappa shape index (κ1) is 14.5. The number of aryl methyl sites for hydroxylation is 1. The smallest absolute Gasteiger partial charge is 0.239 e. The van der Waals surface area contributed by atoms with Crippen molar-refractivity contribution in [1.82, 2.24) is 10.2 Å². The van der Waals surface area contributed by atoms with Gasteiger partial charge in [0.25, 0.3) is 0 Å². The summed E-state index contributed by atoms with van der Waals surface area (Å²) in [5.41, 5.74) is 2.42. The van der Waals surface area contributed by atoms with Crippen molar-refractivity contribution >= 4 is 21.8 Å². The second-order valence-electron chi connectivity index (χ2n) is 5.22. The summed E-state index contributed by atoms with van der Waals surface area (Å²) < 4.78 is 1.12. The van der Waals surface area contributed by atoms with Gasteiger partial charge in [0, 0.05) is 24.1 Å². The molecule has 1 aliphatic rings. The number of hydrogen-bond donors (Lipinski definition) is 1. The van der Waals surface area contributed by atoms with E-state index in [4.69, 9.17) is 0 Å². The normalized spacial score (nSPS) is 16.7. The van der Waals surface area contributed by atoms with Gasteiger partial charge in [-0.05, 0) is 43.9 Å². The molecule has 1 atom stereocenters. The predicted molar refractivity (Wildman–Crippen MR) is 81.0 cm³/mol. The standard InChI is InChI=1S/C15H21BrN2O/c1-11-5-6-13(9-14(11)16)10-17-12(2)15(19)18-7-3-4-8-18/h5-6,9,12,17H,3-4,7-8,10H2,1-2H3. The van der Waals surface area contributed by atoms with E-state index < -0.39 is 0 Å². The molecule has 1 N–H and O–H groups in total. The lowest BCUT2D eigenvalue weighted by Gasteiger charge is -2.21. The third kappa shape index (κ3) is 3.80. The van der Waals surface area contributed by atoms with E-state index in [2.05, 4.69) is 46.4 Å². The molecule has 104 valence electrons. The minimum absolute atomic E-state index is 0.113. The lowest BCUT2D eigenvalue weighted by atomic mass is 10.1. The molecule has 0 aromatic heterocycles. The Hall–Kier alpha value is -0.870. The van der Waals surface area contributed by atoms with Crippen LogP contribution in [0.1, 0.15) is 30.9 Å². The van der Waals surface area contributed by atoms with Crippen LogP contribution in [-0.2, 0) is 11.3 Å². The summed E-state index contributed by atoms with van der Waals surface area (Å²) in [6.07, 6.45) is 2.28. The Bertz CT molecular complexity index is 455. The van der Waals surface area contributed by atoms with Crippen LogP contribution in [0, 0.1) is 6.92 Å². The summed E-state index contributed by atoms with van der Waals surface area (Å²) in [4.78, 5) is 14.1. The highest BCUT2D eigenvalue weighted by Gasteiger charge is 2.22. The molecule has 1 aliphatic heterocycles. The van der Waals surface area contributed by atoms with Crippen LogP contribution < -0.4 is 5.32 Å². The molecule has 1 aromatic carbocycles. The maximum Gasteiger partial charge on any atom is 0.239 e. The van der Waals surface area contributed by atoms with Crippen molar-refractivity contribution in [3.63, 3.8) is 0 Å². The maximum atomic E-state index is 12.1. The molecule has 2 rings (SSSR count). The van der Waals surface area contributed by atoms with Crippen LogP contribution in [0.3, 0.4) is 0 Å². The predicted octanol–water partition coefficient (Wildman–Crippen LogP) is 2.86. The molecule has 1 saturated heterocycles. The Kier molecular flexibility index (Phi) is 4.99. The van der Waals surface area contributed by atoms with E-state index in [0.717, 1.165) is 36.9 Å². The van der Waals surface area contributed by atoms with Crippen molar-refractivity contribution in [3.8, 4) is 0 Å². The summed E-state index contributed by atoms with van der Waals surface area (Å²) in [5, 5.41) is 3.31. The number of amides is 1. The highest BCUT2D eigenvalue weighted by atomic mass is 79.9. The van der Waals surface area contributed by atoms with Gasteiger partial charge >= 0.3 is 0 Å². The molecule has 0 radical (unpaired) electrons. The number of rotatable bonds is 4. The van der Waals surface area contributed by atoms with Crippen molar-refractivity contribution < 1.29 is 4.79 Å². The zero-order valence-corrected chi connectivity index (χ0v) is 13.2. The monoisotopic (exact) mass is 324 g/mol. The van der Waals surface area contributed by atoms with E-state index in [-0.39, 0.29) is 11.9 Å². The van der Waals surface area contributed by atoms with Gasteiger partial charge in [-0.15, -0.1) is 0 Å². The first-order chi connectivity index (χ1) is 9.08. The number of hydrogen-bond acceptors (Lipinski definition) is 2. The molecule has 3 nitrogen and oxygen atoms in total. The van der Waals surface area contributed by atoms with Crippen LogP contribution in [0.15, 0.2) is 22.7 Å². The van der Waals surface area contributed by atoms with Gasteiger partial charge in [0.2, 0.25) is 5.91 Å². The number of carbonyl (C=O) groups is 1. The number of likely N-dealkylation sites (tertiary alicyclic amines) is 1. The van der Waals surface area contributed by atoms with Crippen molar-refractivity contribution in [2.24, 2.45) is 0 Å². The largest absolute Gasteiger partial charge is 0.341 e. The minimum Gasteiger partial charge on any atom is -0.341 e. The average molecular weight is 325 g/mol. The molecular weight excluding hydrogens is 304 g/mol. The van der Waals surface area contributed by atoms with E-state index in [9.17, 15) is 4.79 Å². The Morgan fingerprint density at radius 3 is 2.74 bits per heavy atom. The van der Waals surface area contributed by atoms with Gasteiger partial charge in [0.1, 0.15) is 0 Å². The number of nitrogens with one attached hydrogen (secondary N) is 1. The van der Waals surface area contributed by atoms with Gasteiger partial charge in [-0.2, -0.15) is 0 Å². The Labute approximate surface area is 123 Å². The lowest BCUT2D eigenvalue weighted by Crippen LogP contribution is -2.43. The van der Waals surface area contributed by atoms with Crippen molar-refractivity contribution in [2.45, 2.75) is 39.3 Å². The molecule has 4 heteroatoms. The summed E-state index contributed by atoms with van der Waals surface area (Å²) in [6, 6.07) is 6.18. The molecule has 1 heterocycles. The molecular formula is C15H21BrN2O. The molecule has 1 amide bonds. The van der Waals surface area contributed by atoms with Crippen molar-refractivity contribution in [3.05, 3.63) is 33.8 Å². The number of carbonyl (C=O) groups excluding carboxylic acids is 1. The lowest BCUT2D eigenvalue weighted by molar-refractivity contribution is -0.131. The molecule has 1 unspecified atom stereocenters. The first-order valence-corrected chi connectivity index (χ1v) is 7.64. The molecule has 0 saturated carbocycles.